The van der Waals surface area contributed by atoms with Crippen LogP contribution in [0.15, 0.2) is 59.6 Å². The third-order valence-electron chi connectivity index (χ3n) is 6.99. The molecule has 2 aromatic carbocycles. The second-order valence-corrected chi connectivity index (χ2v) is 10.5. The molecular formula is C28H33FN2O4S. The molecule has 1 aliphatic rings. The van der Waals surface area contributed by atoms with Gasteiger partial charge in [-0.1, -0.05) is 6.07 Å². The first kappa shape index (κ1) is 26.4. The molecule has 1 saturated heterocycles. The maximum Gasteiger partial charge on any atom is 0.308 e. The van der Waals surface area contributed by atoms with Gasteiger partial charge in [-0.25, -0.2) is 4.39 Å². The fourth-order valence-corrected chi connectivity index (χ4v) is 5.90. The first-order chi connectivity index (χ1) is 17.4. The summed E-state index contributed by atoms with van der Waals surface area (Å²) in [6.07, 6.45) is 3.85. The van der Waals surface area contributed by atoms with E-state index in [2.05, 4.69) is 9.88 Å². The molecule has 8 heteroatoms. The van der Waals surface area contributed by atoms with Gasteiger partial charge in [-0.2, -0.15) is 0 Å². The zero-order valence-electron chi connectivity index (χ0n) is 20.5. The number of hydrogen-bond donors (Lipinski definition) is 2. The lowest BCUT2D eigenvalue weighted by Crippen LogP contribution is -2.44. The van der Waals surface area contributed by atoms with Crippen molar-refractivity contribution in [1.82, 2.24) is 9.88 Å². The number of likely N-dealkylation sites (tertiary alicyclic amines) is 1. The van der Waals surface area contributed by atoms with E-state index in [4.69, 9.17) is 4.74 Å². The van der Waals surface area contributed by atoms with Crippen LogP contribution < -0.4 is 4.74 Å². The van der Waals surface area contributed by atoms with Crippen LogP contribution in [-0.2, 0) is 4.79 Å². The van der Waals surface area contributed by atoms with E-state index in [1.54, 1.807) is 31.1 Å². The summed E-state index contributed by atoms with van der Waals surface area (Å²) in [6, 6.07) is 14.0. The number of fused-ring (bicyclic) bond motifs is 1. The first-order valence-electron chi connectivity index (χ1n) is 12.4. The Bertz CT molecular complexity index is 1180. The van der Waals surface area contributed by atoms with Crippen molar-refractivity contribution >= 4 is 28.6 Å². The van der Waals surface area contributed by atoms with Crippen molar-refractivity contribution in [2.24, 2.45) is 11.8 Å². The predicted octanol–water partition coefficient (Wildman–Crippen LogP) is 5.40. The number of pyridine rings is 1. The van der Waals surface area contributed by atoms with Crippen LogP contribution in [0.25, 0.3) is 10.9 Å². The molecule has 0 bridgehead atoms. The molecule has 192 valence electrons. The Morgan fingerprint density at radius 2 is 2.14 bits per heavy atom. The molecule has 6 nitrogen and oxygen atoms in total. The summed E-state index contributed by atoms with van der Waals surface area (Å²) >= 11 is 1.62. The summed E-state index contributed by atoms with van der Waals surface area (Å²) in [4.78, 5) is 19.6. The molecule has 0 radical (unpaired) electrons. The van der Waals surface area contributed by atoms with E-state index in [9.17, 15) is 19.4 Å². The number of nitrogens with zero attached hydrogens (tertiary/aromatic N) is 2. The van der Waals surface area contributed by atoms with Gasteiger partial charge in [0.05, 0.1) is 24.6 Å². The van der Waals surface area contributed by atoms with Gasteiger partial charge in [0.15, 0.2) is 0 Å². The van der Waals surface area contributed by atoms with E-state index in [-0.39, 0.29) is 11.7 Å². The van der Waals surface area contributed by atoms with Crippen molar-refractivity contribution in [3.05, 3.63) is 66.1 Å². The molecule has 3 aromatic rings. The Morgan fingerprint density at radius 1 is 1.28 bits per heavy atom. The average Bonchev–Trinajstić information content (AvgIpc) is 2.89. The van der Waals surface area contributed by atoms with Crippen LogP contribution in [0.2, 0.25) is 0 Å². The molecule has 0 amide bonds. The van der Waals surface area contributed by atoms with Gasteiger partial charge < -0.3 is 19.8 Å². The summed E-state index contributed by atoms with van der Waals surface area (Å²) in [7, 11) is 1.61. The number of carboxylic acid groups (broad SMARTS) is 1. The van der Waals surface area contributed by atoms with Crippen LogP contribution in [0.1, 0.15) is 37.4 Å². The van der Waals surface area contributed by atoms with Crippen molar-refractivity contribution < 1.29 is 24.1 Å². The van der Waals surface area contributed by atoms with Crippen LogP contribution in [0, 0.1) is 17.7 Å². The Labute approximate surface area is 215 Å². The number of piperidine rings is 1. The van der Waals surface area contributed by atoms with Gasteiger partial charge in [0, 0.05) is 23.0 Å². The highest BCUT2D eigenvalue weighted by Crippen LogP contribution is 2.34. The number of ether oxygens (including phenoxy) is 1. The number of aliphatic hydroxyl groups excluding tert-OH is 1. The fraction of sp³-hybridized carbons (Fsp3) is 0.429. The zero-order chi connectivity index (χ0) is 25.5. The van der Waals surface area contributed by atoms with Crippen LogP contribution in [-0.4, -0.2) is 58.6 Å². The number of hydrogen-bond acceptors (Lipinski definition) is 6. The van der Waals surface area contributed by atoms with E-state index in [1.165, 1.54) is 12.1 Å². The molecule has 1 aromatic heterocycles. The molecule has 36 heavy (non-hydrogen) atoms. The summed E-state index contributed by atoms with van der Waals surface area (Å²) in [5, 5.41) is 21.7. The van der Waals surface area contributed by atoms with Crippen molar-refractivity contribution in [3.63, 3.8) is 0 Å². The average molecular weight is 513 g/mol. The van der Waals surface area contributed by atoms with E-state index in [1.807, 2.05) is 30.3 Å². The molecule has 0 spiro atoms. The number of benzene rings is 2. The number of rotatable bonds is 11. The van der Waals surface area contributed by atoms with Gasteiger partial charge in [0.1, 0.15) is 11.6 Å². The molecule has 0 saturated carbocycles. The number of carboxylic acids is 1. The van der Waals surface area contributed by atoms with E-state index in [0.717, 1.165) is 53.0 Å². The molecule has 1 fully saturated rings. The number of thioether (sulfide) groups is 1. The topological polar surface area (TPSA) is 82.9 Å². The quantitative estimate of drug-likeness (QED) is 0.263. The lowest BCUT2D eigenvalue weighted by Gasteiger charge is -2.37. The lowest BCUT2D eigenvalue weighted by molar-refractivity contribution is -0.146. The van der Waals surface area contributed by atoms with Crippen molar-refractivity contribution in [2.45, 2.75) is 36.7 Å². The minimum atomic E-state index is -0.771. The van der Waals surface area contributed by atoms with Crippen molar-refractivity contribution in [1.29, 1.82) is 0 Å². The Balaban J connectivity index is 1.29. The van der Waals surface area contributed by atoms with Gasteiger partial charge >= 0.3 is 5.97 Å². The normalized spacial score (nSPS) is 19.3. The molecule has 4 rings (SSSR count). The number of carbonyl (C=O) groups is 1. The highest BCUT2D eigenvalue weighted by atomic mass is 32.2. The molecular weight excluding hydrogens is 479 g/mol. The molecule has 0 aliphatic carbocycles. The number of methoxy groups -OCH3 is 1. The molecule has 0 unspecified atom stereocenters. The fourth-order valence-electron chi connectivity index (χ4n) is 5.02. The van der Waals surface area contributed by atoms with Gasteiger partial charge in [-0.3, -0.25) is 9.78 Å². The van der Waals surface area contributed by atoms with E-state index >= 15 is 0 Å². The monoisotopic (exact) mass is 512 g/mol. The van der Waals surface area contributed by atoms with Crippen LogP contribution in [0.5, 0.6) is 5.75 Å². The number of aromatic nitrogens is 1. The summed E-state index contributed by atoms with van der Waals surface area (Å²) in [5.41, 5.74) is 1.58. The Hall–Kier alpha value is -2.68. The number of halogens is 1. The largest absolute Gasteiger partial charge is 0.497 e. The molecule has 2 heterocycles. The molecule has 1 aliphatic heterocycles. The SMILES string of the molecule is COc1ccc2nccc([C@H](O)CC[C@@H]3CCN(CCCSc4cccc(F)c4)C[C@@H]3C(=O)O)c2c1. The summed E-state index contributed by atoms with van der Waals surface area (Å²) < 4.78 is 18.7. The highest BCUT2D eigenvalue weighted by Gasteiger charge is 2.34. The Kier molecular flexibility index (Phi) is 9.18. The van der Waals surface area contributed by atoms with Crippen molar-refractivity contribution in [3.8, 4) is 5.75 Å². The highest BCUT2D eigenvalue weighted by molar-refractivity contribution is 7.99. The zero-order valence-corrected chi connectivity index (χ0v) is 21.3. The van der Waals surface area contributed by atoms with Gasteiger partial charge in [-0.05, 0) is 98.5 Å². The third-order valence-corrected chi connectivity index (χ3v) is 8.07. The van der Waals surface area contributed by atoms with Crippen LogP contribution in [0.4, 0.5) is 4.39 Å². The predicted molar refractivity (Wildman–Crippen MR) is 140 cm³/mol. The molecule has 2 N–H and O–H groups in total. The number of aliphatic hydroxyl groups is 1. The number of aliphatic carboxylic acids is 1. The standard InChI is InChI=1S/C28H33FN2O4S/c1-35-21-7-8-26-24(17-21)23(10-12-30-26)27(32)9-6-19-11-14-31(18-25(19)28(33)34)13-3-15-36-22-5-2-4-20(29)16-22/h2,4-5,7-8,10,12,16-17,19,25,27,32H,3,6,9,11,13-15,18H2,1H3,(H,33,34)/t19-,25+,27-/m1/s1. The maximum absolute atomic E-state index is 13.3. The van der Waals surface area contributed by atoms with E-state index in [0.29, 0.717) is 25.1 Å². The van der Waals surface area contributed by atoms with Crippen LogP contribution >= 0.6 is 11.8 Å². The maximum atomic E-state index is 13.3. The van der Waals surface area contributed by atoms with E-state index < -0.39 is 18.0 Å². The van der Waals surface area contributed by atoms with Crippen LogP contribution in [0.3, 0.4) is 0 Å². The van der Waals surface area contributed by atoms with Crippen molar-refractivity contribution in [2.75, 3.05) is 32.5 Å². The third kappa shape index (κ3) is 6.75. The van der Waals surface area contributed by atoms with Gasteiger partial charge in [-0.15, -0.1) is 11.8 Å². The minimum absolute atomic E-state index is 0.0257. The summed E-state index contributed by atoms with van der Waals surface area (Å²) in [5.74, 6) is 0.143. The van der Waals surface area contributed by atoms with Gasteiger partial charge in [0.2, 0.25) is 0 Å². The second-order valence-electron chi connectivity index (χ2n) is 9.33. The minimum Gasteiger partial charge on any atom is -0.497 e. The second kappa shape index (κ2) is 12.5. The Morgan fingerprint density at radius 3 is 2.92 bits per heavy atom. The lowest BCUT2D eigenvalue weighted by atomic mass is 9.81. The molecule has 3 atom stereocenters. The van der Waals surface area contributed by atoms with Gasteiger partial charge in [0.25, 0.3) is 0 Å². The first-order valence-corrected chi connectivity index (χ1v) is 13.4. The summed E-state index contributed by atoms with van der Waals surface area (Å²) in [6.45, 7) is 2.20. The smallest absolute Gasteiger partial charge is 0.308 e.